The number of ether oxygens (including phenoxy) is 2. The van der Waals surface area contributed by atoms with Crippen LogP contribution in [0.1, 0.15) is 21.1 Å². The average Bonchev–Trinajstić information content (AvgIpc) is 3.29. The fourth-order valence-electron chi connectivity index (χ4n) is 3.21. The zero-order chi connectivity index (χ0) is 22.1. The normalized spacial score (nSPS) is 11.2. The topological polar surface area (TPSA) is 116 Å². The summed E-state index contributed by atoms with van der Waals surface area (Å²) in [6.07, 6.45) is -0.223. The molecule has 0 radical (unpaired) electrons. The summed E-state index contributed by atoms with van der Waals surface area (Å²) in [5.41, 5.74) is 1.74. The van der Waals surface area contributed by atoms with Gasteiger partial charge >= 0.3 is 11.9 Å². The zero-order valence-electron chi connectivity index (χ0n) is 16.9. The monoisotopic (exact) mass is 458 g/mol. The Labute approximate surface area is 184 Å². The van der Waals surface area contributed by atoms with Crippen LogP contribution >= 0.6 is 23.1 Å². The van der Waals surface area contributed by atoms with E-state index in [-0.39, 0.29) is 22.2 Å². The van der Waals surface area contributed by atoms with Crippen LogP contribution in [-0.4, -0.2) is 45.7 Å². The molecule has 4 aromatic rings. The summed E-state index contributed by atoms with van der Waals surface area (Å²) < 4.78 is 11.5. The van der Waals surface area contributed by atoms with Crippen molar-refractivity contribution >= 4 is 56.3 Å². The third kappa shape index (κ3) is 3.93. The number of aromatic amines is 1. The standard InChI is InChI=1S/C20H18N4O5S2/c1-24-12-7-5-4-6-11(12)21-20(24)30-9-13-22-17(26)15-10(8-14(25)28-2)16(19(27)29-3)31-18(15)23-13/h4-7H,8-9H2,1-3H3,(H,22,23,26). The number of rotatable bonds is 6. The molecular formula is C20H18N4O5S2. The summed E-state index contributed by atoms with van der Waals surface area (Å²) >= 11 is 2.46. The lowest BCUT2D eigenvalue weighted by Gasteiger charge is -2.03. The number of carbonyl (C=O) groups is 2. The molecule has 0 spiro atoms. The van der Waals surface area contributed by atoms with E-state index in [1.165, 1.54) is 26.0 Å². The molecule has 9 nitrogen and oxygen atoms in total. The van der Waals surface area contributed by atoms with Gasteiger partial charge in [0.15, 0.2) is 5.16 Å². The molecule has 0 saturated carbocycles. The van der Waals surface area contributed by atoms with Crippen molar-refractivity contribution in [2.24, 2.45) is 7.05 Å². The van der Waals surface area contributed by atoms with Crippen LogP contribution in [0, 0.1) is 0 Å². The van der Waals surface area contributed by atoms with Crippen LogP contribution in [0.5, 0.6) is 0 Å². The molecule has 0 fully saturated rings. The third-order valence-corrected chi connectivity index (χ3v) is 6.86. The van der Waals surface area contributed by atoms with Crippen LogP contribution in [0.4, 0.5) is 0 Å². The Hall–Kier alpha value is -3.18. The molecule has 0 aliphatic heterocycles. The van der Waals surface area contributed by atoms with Gasteiger partial charge in [-0.1, -0.05) is 23.9 Å². The van der Waals surface area contributed by atoms with Gasteiger partial charge in [0.05, 0.1) is 42.8 Å². The smallest absolute Gasteiger partial charge is 0.348 e. The fraction of sp³-hybridized carbons (Fsp3) is 0.250. The molecule has 1 aromatic carbocycles. The maximum atomic E-state index is 12.8. The van der Waals surface area contributed by atoms with Crippen LogP contribution in [0.2, 0.25) is 0 Å². The van der Waals surface area contributed by atoms with E-state index in [1.807, 2.05) is 35.9 Å². The molecule has 31 heavy (non-hydrogen) atoms. The van der Waals surface area contributed by atoms with Gasteiger partial charge in [0, 0.05) is 12.6 Å². The molecule has 3 aromatic heterocycles. The summed E-state index contributed by atoms with van der Waals surface area (Å²) in [7, 11) is 4.41. The zero-order valence-corrected chi connectivity index (χ0v) is 18.6. The lowest BCUT2D eigenvalue weighted by molar-refractivity contribution is -0.139. The number of hydrogen-bond acceptors (Lipinski definition) is 9. The molecular weight excluding hydrogens is 440 g/mol. The predicted molar refractivity (Wildman–Crippen MR) is 118 cm³/mol. The molecule has 160 valence electrons. The van der Waals surface area contributed by atoms with Crippen molar-refractivity contribution in [3.8, 4) is 0 Å². The first-order valence-corrected chi connectivity index (χ1v) is 11.0. The predicted octanol–water partition coefficient (Wildman–Crippen LogP) is 2.67. The lowest BCUT2D eigenvalue weighted by atomic mass is 10.1. The number of hydrogen-bond donors (Lipinski definition) is 1. The van der Waals surface area contributed by atoms with E-state index < -0.39 is 17.5 Å². The number of aryl methyl sites for hydroxylation is 1. The van der Waals surface area contributed by atoms with Crippen LogP contribution < -0.4 is 5.56 Å². The first kappa shape index (κ1) is 21.1. The van der Waals surface area contributed by atoms with Crippen LogP contribution in [0.25, 0.3) is 21.3 Å². The average molecular weight is 459 g/mol. The fourth-order valence-corrected chi connectivity index (χ4v) is 5.19. The number of nitrogens with one attached hydrogen (secondary N) is 1. The molecule has 0 atom stereocenters. The molecule has 0 aliphatic carbocycles. The number of fused-ring (bicyclic) bond motifs is 2. The van der Waals surface area contributed by atoms with E-state index in [2.05, 4.69) is 15.0 Å². The highest BCUT2D eigenvalue weighted by molar-refractivity contribution is 7.98. The number of thioether (sulfide) groups is 1. The van der Waals surface area contributed by atoms with Crippen molar-refractivity contribution in [1.29, 1.82) is 0 Å². The van der Waals surface area contributed by atoms with Crippen LogP contribution in [0.15, 0.2) is 34.2 Å². The molecule has 0 saturated heterocycles. The summed E-state index contributed by atoms with van der Waals surface area (Å²) in [6.45, 7) is 0. The van der Waals surface area contributed by atoms with Gasteiger partial charge in [-0.15, -0.1) is 11.3 Å². The minimum absolute atomic E-state index is 0.168. The molecule has 1 N–H and O–H groups in total. The van der Waals surface area contributed by atoms with E-state index >= 15 is 0 Å². The number of thiophene rings is 1. The van der Waals surface area contributed by atoms with Crippen molar-refractivity contribution in [3.05, 3.63) is 50.9 Å². The van der Waals surface area contributed by atoms with Gasteiger partial charge in [-0.25, -0.2) is 14.8 Å². The van der Waals surface area contributed by atoms with Gasteiger partial charge in [-0.3, -0.25) is 9.59 Å². The largest absolute Gasteiger partial charge is 0.469 e. The van der Waals surface area contributed by atoms with Crippen molar-refractivity contribution in [3.63, 3.8) is 0 Å². The Balaban J connectivity index is 1.69. The van der Waals surface area contributed by atoms with Gasteiger partial charge in [-0.2, -0.15) is 0 Å². The Morgan fingerprint density at radius 2 is 1.97 bits per heavy atom. The SMILES string of the molecule is COC(=O)Cc1c(C(=O)OC)sc2nc(CSc3nc4ccccc4n3C)[nH]c(=O)c12. The van der Waals surface area contributed by atoms with E-state index in [0.29, 0.717) is 16.4 Å². The lowest BCUT2D eigenvalue weighted by Crippen LogP contribution is -2.15. The summed E-state index contributed by atoms with van der Waals surface area (Å²) in [6, 6.07) is 7.81. The highest BCUT2D eigenvalue weighted by Gasteiger charge is 2.24. The van der Waals surface area contributed by atoms with Crippen molar-refractivity contribution in [1.82, 2.24) is 19.5 Å². The highest BCUT2D eigenvalue weighted by Crippen LogP contribution is 2.30. The molecule has 0 aliphatic rings. The van der Waals surface area contributed by atoms with Gasteiger partial charge in [0.2, 0.25) is 0 Å². The van der Waals surface area contributed by atoms with Crippen LogP contribution in [-0.2, 0) is 33.5 Å². The number of H-pyrrole nitrogens is 1. The maximum Gasteiger partial charge on any atom is 0.348 e. The van der Waals surface area contributed by atoms with E-state index in [4.69, 9.17) is 9.47 Å². The number of nitrogens with zero attached hydrogens (tertiary/aromatic N) is 3. The number of esters is 2. The minimum atomic E-state index is -0.628. The number of aromatic nitrogens is 4. The molecule has 0 unspecified atom stereocenters. The van der Waals surface area contributed by atoms with Crippen molar-refractivity contribution in [2.45, 2.75) is 17.3 Å². The molecule has 0 amide bonds. The summed E-state index contributed by atoms with van der Waals surface area (Å²) in [5, 5.41) is 0.990. The van der Waals surface area contributed by atoms with Gasteiger partial charge in [-0.05, 0) is 12.1 Å². The highest BCUT2D eigenvalue weighted by atomic mass is 32.2. The van der Waals surface area contributed by atoms with E-state index in [9.17, 15) is 14.4 Å². The Bertz CT molecular complexity index is 1370. The number of benzene rings is 1. The van der Waals surface area contributed by atoms with E-state index in [0.717, 1.165) is 27.5 Å². The molecule has 4 rings (SSSR count). The van der Waals surface area contributed by atoms with Crippen molar-refractivity contribution in [2.75, 3.05) is 14.2 Å². The minimum Gasteiger partial charge on any atom is -0.469 e. The Morgan fingerprint density at radius 3 is 2.68 bits per heavy atom. The second kappa shape index (κ2) is 8.52. The Kier molecular flexibility index (Phi) is 5.79. The number of imidazole rings is 1. The van der Waals surface area contributed by atoms with Gasteiger partial charge in [0.25, 0.3) is 5.56 Å². The van der Waals surface area contributed by atoms with Crippen LogP contribution in [0.3, 0.4) is 0 Å². The number of para-hydroxylation sites is 2. The third-order valence-electron chi connectivity index (χ3n) is 4.71. The second-order valence-electron chi connectivity index (χ2n) is 6.58. The summed E-state index contributed by atoms with van der Waals surface area (Å²) in [4.78, 5) is 49.2. The number of carbonyl (C=O) groups excluding carboxylic acids is 2. The number of methoxy groups -OCH3 is 2. The quantitative estimate of drug-likeness (QED) is 0.346. The maximum absolute atomic E-state index is 12.8. The first-order valence-electron chi connectivity index (χ1n) is 9.17. The Morgan fingerprint density at radius 1 is 1.19 bits per heavy atom. The van der Waals surface area contributed by atoms with Gasteiger partial charge in [0.1, 0.15) is 15.5 Å². The van der Waals surface area contributed by atoms with Gasteiger partial charge < -0.3 is 19.0 Å². The molecule has 0 bridgehead atoms. The molecule has 3 heterocycles. The molecule has 11 heteroatoms. The van der Waals surface area contributed by atoms with Crippen molar-refractivity contribution < 1.29 is 19.1 Å². The van der Waals surface area contributed by atoms with E-state index in [1.54, 1.807) is 0 Å². The second-order valence-corrected chi connectivity index (χ2v) is 8.52. The first-order chi connectivity index (χ1) is 14.9. The summed E-state index contributed by atoms with van der Waals surface area (Å²) in [5.74, 6) is -0.375.